The van der Waals surface area contributed by atoms with E-state index in [1.54, 1.807) is 6.07 Å². The van der Waals surface area contributed by atoms with Crippen LogP contribution in [0, 0.1) is 0 Å². The lowest BCUT2D eigenvalue weighted by atomic mass is 10.2. The number of halogens is 1. The zero-order valence-electron chi connectivity index (χ0n) is 10.4. The molecule has 1 aromatic rings. The van der Waals surface area contributed by atoms with E-state index in [2.05, 4.69) is 10.6 Å². The summed E-state index contributed by atoms with van der Waals surface area (Å²) in [5, 5.41) is 14.7. The van der Waals surface area contributed by atoms with Gasteiger partial charge in [0.2, 0.25) is 5.91 Å². The molecule has 0 aromatic heterocycles. The van der Waals surface area contributed by atoms with Crippen LogP contribution in [0.25, 0.3) is 0 Å². The van der Waals surface area contributed by atoms with E-state index in [1.807, 2.05) is 0 Å². The van der Waals surface area contributed by atoms with Crippen molar-refractivity contribution in [3.05, 3.63) is 28.8 Å². The average molecular weight is 287 g/mol. The first kappa shape index (κ1) is 15.3. The van der Waals surface area contributed by atoms with Crippen LogP contribution in [0.5, 0.6) is 0 Å². The third-order valence-corrected chi connectivity index (χ3v) is 2.51. The van der Waals surface area contributed by atoms with Crippen LogP contribution in [-0.4, -0.2) is 43.8 Å². The van der Waals surface area contributed by atoms with Gasteiger partial charge in [0.1, 0.15) is 0 Å². The second-order valence-corrected chi connectivity index (χ2v) is 4.13. The maximum absolute atomic E-state index is 11.4. The van der Waals surface area contributed by atoms with E-state index in [1.165, 1.54) is 19.2 Å². The molecular formula is C12H15ClN2O4. The van der Waals surface area contributed by atoms with E-state index < -0.39 is 5.97 Å². The fourth-order valence-electron chi connectivity index (χ4n) is 1.38. The van der Waals surface area contributed by atoms with Gasteiger partial charge in [-0.1, -0.05) is 11.6 Å². The number of rotatable bonds is 7. The molecule has 0 fully saturated rings. The normalized spacial score (nSPS) is 10.0. The van der Waals surface area contributed by atoms with Crippen LogP contribution < -0.4 is 10.6 Å². The highest BCUT2D eigenvalue weighted by atomic mass is 35.5. The summed E-state index contributed by atoms with van der Waals surface area (Å²) in [5.74, 6) is -1.35. The monoisotopic (exact) mass is 286 g/mol. The lowest BCUT2D eigenvalue weighted by Crippen LogP contribution is -2.32. The van der Waals surface area contributed by atoms with E-state index in [0.29, 0.717) is 23.9 Å². The first-order chi connectivity index (χ1) is 9.04. The highest BCUT2D eigenvalue weighted by Gasteiger charge is 2.11. The van der Waals surface area contributed by atoms with Gasteiger partial charge in [0.15, 0.2) is 0 Å². The van der Waals surface area contributed by atoms with Gasteiger partial charge in [-0.2, -0.15) is 0 Å². The Hall–Kier alpha value is -1.79. The molecule has 0 atom stereocenters. The highest BCUT2D eigenvalue weighted by molar-refractivity contribution is 6.31. The molecule has 6 nitrogen and oxygen atoms in total. The maximum Gasteiger partial charge on any atom is 0.337 e. The Morgan fingerprint density at radius 3 is 2.79 bits per heavy atom. The van der Waals surface area contributed by atoms with Gasteiger partial charge < -0.3 is 20.5 Å². The summed E-state index contributed by atoms with van der Waals surface area (Å²) in [6.07, 6.45) is 0. The number of methoxy groups -OCH3 is 1. The van der Waals surface area contributed by atoms with Crippen molar-refractivity contribution in [1.82, 2.24) is 5.32 Å². The van der Waals surface area contributed by atoms with Crippen LogP contribution in [0.3, 0.4) is 0 Å². The first-order valence-corrected chi connectivity index (χ1v) is 5.94. The fourth-order valence-corrected chi connectivity index (χ4v) is 1.55. The van der Waals surface area contributed by atoms with Crippen LogP contribution >= 0.6 is 11.6 Å². The molecule has 0 heterocycles. The summed E-state index contributed by atoms with van der Waals surface area (Å²) in [4.78, 5) is 22.5. The molecule has 0 aliphatic rings. The van der Waals surface area contributed by atoms with Crippen LogP contribution in [0.2, 0.25) is 5.02 Å². The number of amides is 1. The minimum Gasteiger partial charge on any atom is -0.478 e. The van der Waals surface area contributed by atoms with Crippen molar-refractivity contribution in [2.75, 3.05) is 32.1 Å². The Morgan fingerprint density at radius 1 is 1.42 bits per heavy atom. The van der Waals surface area contributed by atoms with Gasteiger partial charge in [0.05, 0.1) is 18.7 Å². The number of carbonyl (C=O) groups is 2. The molecule has 19 heavy (non-hydrogen) atoms. The summed E-state index contributed by atoms with van der Waals surface area (Å²) < 4.78 is 4.79. The number of anilines is 1. The van der Waals surface area contributed by atoms with Gasteiger partial charge in [0, 0.05) is 24.4 Å². The van der Waals surface area contributed by atoms with E-state index in [-0.39, 0.29) is 18.0 Å². The predicted molar refractivity (Wildman–Crippen MR) is 71.8 cm³/mol. The number of benzene rings is 1. The summed E-state index contributed by atoms with van der Waals surface area (Å²) >= 11 is 5.72. The Balaban J connectivity index is 2.57. The zero-order chi connectivity index (χ0) is 14.3. The molecule has 1 rings (SSSR count). The second-order valence-electron chi connectivity index (χ2n) is 3.69. The van der Waals surface area contributed by atoms with E-state index in [9.17, 15) is 9.59 Å². The molecule has 1 amide bonds. The van der Waals surface area contributed by atoms with Crippen LogP contribution in [0.4, 0.5) is 5.69 Å². The number of hydrogen-bond acceptors (Lipinski definition) is 4. The van der Waals surface area contributed by atoms with E-state index >= 15 is 0 Å². The molecule has 3 N–H and O–H groups in total. The molecule has 0 aliphatic carbocycles. The number of ether oxygens (including phenoxy) is 1. The molecule has 0 unspecified atom stereocenters. The molecule has 1 aromatic carbocycles. The Morgan fingerprint density at radius 2 is 2.16 bits per heavy atom. The quantitative estimate of drug-likeness (QED) is 0.656. The van der Waals surface area contributed by atoms with Crippen LogP contribution in [0.15, 0.2) is 18.2 Å². The summed E-state index contributed by atoms with van der Waals surface area (Å²) in [6, 6.07) is 4.41. The summed E-state index contributed by atoms with van der Waals surface area (Å²) in [5.41, 5.74) is 0.371. The predicted octanol–water partition coefficient (Wildman–Crippen LogP) is 1.21. The van der Waals surface area contributed by atoms with Crippen molar-refractivity contribution < 1.29 is 19.4 Å². The minimum absolute atomic E-state index is 0.0222. The van der Waals surface area contributed by atoms with Crippen LogP contribution in [-0.2, 0) is 9.53 Å². The van der Waals surface area contributed by atoms with E-state index in [0.717, 1.165) is 0 Å². The SMILES string of the molecule is COCCNC(=O)CNc1ccc(Cl)cc1C(=O)O. The molecule has 0 bridgehead atoms. The largest absolute Gasteiger partial charge is 0.478 e. The molecular weight excluding hydrogens is 272 g/mol. The second kappa shape index (κ2) is 7.60. The van der Waals surface area contributed by atoms with Crippen molar-refractivity contribution in [2.24, 2.45) is 0 Å². The third kappa shape index (κ3) is 5.15. The van der Waals surface area contributed by atoms with Crippen LogP contribution in [0.1, 0.15) is 10.4 Å². The fraction of sp³-hybridized carbons (Fsp3) is 0.333. The molecule has 0 aliphatic heterocycles. The zero-order valence-corrected chi connectivity index (χ0v) is 11.2. The Kier molecular flexibility index (Phi) is 6.11. The van der Waals surface area contributed by atoms with Crippen molar-refractivity contribution >= 4 is 29.2 Å². The number of aromatic carboxylic acids is 1. The van der Waals surface area contributed by atoms with E-state index in [4.69, 9.17) is 21.4 Å². The minimum atomic E-state index is -1.11. The topological polar surface area (TPSA) is 87.7 Å². The van der Waals surface area contributed by atoms with Gasteiger partial charge in [0.25, 0.3) is 0 Å². The van der Waals surface area contributed by atoms with Crippen molar-refractivity contribution in [1.29, 1.82) is 0 Å². The van der Waals surface area contributed by atoms with Gasteiger partial charge in [-0.05, 0) is 18.2 Å². The number of carboxylic acid groups (broad SMARTS) is 1. The standard InChI is InChI=1S/C12H15ClN2O4/c1-19-5-4-14-11(16)7-15-10-3-2-8(13)6-9(10)12(17)18/h2-3,6,15H,4-5,7H2,1H3,(H,14,16)(H,17,18). The van der Waals surface area contributed by atoms with Gasteiger partial charge in [-0.25, -0.2) is 4.79 Å². The smallest absolute Gasteiger partial charge is 0.337 e. The van der Waals surface area contributed by atoms with Gasteiger partial charge in [-0.15, -0.1) is 0 Å². The number of carbonyl (C=O) groups excluding carboxylic acids is 1. The highest BCUT2D eigenvalue weighted by Crippen LogP contribution is 2.20. The van der Waals surface area contributed by atoms with Crippen molar-refractivity contribution in [3.63, 3.8) is 0 Å². The first-order valence-electron chi connectivity index (χ1n) is 5.57. The molecule has 0 saturated carbocycles. The Bertz CT molecular complexity index is 465. The molecule has 0 spiro atoms. The maximum atomic E-state index is 11.4. The van der Waals surface area contributed by atoms with Gasteiger partial charge in [-0.3, -0.25) is 4.79 Å². The van der Waals surface area contributed by atoms with Gasteiger partial charge >= 0.3 is 5.97 Å². The average Bonchev–Trinajstić information content (AvgIpc) is 2.37. The molecule has 104 valence electrons. The lowest BCUT2D eigenvalue weighted by Gasteiger charge is -2.10. The Labute approximate surface area is 115 Å². The lowest BCUT2D eigenvalue weighted by molar-refractivity contribution is -0.119. The third-order valence-electron chi connectivity index (χ3n) is 2.28. The number of carboxylic acids is 1. The molecule has 7 heteroatoms. The summed E-state index contributed by atoms with van der Waals surface area (Å²) in [7, 11) is 1.54. The molecule has 0 radical (unpaired) electrons. The number of nitrogens with one attached hydrogen (secondary N) is 2. The van der Waals surface area contributed by atoms with Crippen molar-refractivity contribution in [2.45, 2.75) is 0 Å². The number of hydrogen-bond donors (Lipinski definition) is 3. The molecule has 0 saturated heterocycles. The van der Waals surface area contributed by atoms with Crippen molar-refractivity contribution in [3.8, 4) is 0 Å². The summed E-state index contributed by atoms with van der Waals surface area (Å²) in [6.45, 7) is 0.808.